The van der Waals surface area contributed by atoms with Crippen molar-refractivity contribution in [1.29, 1.82) is 0 Å². The molecule has 2 rings (SSSR count). The average molecular weight is 295 g/mol. The van der Waals surface area contributed by atoms with Crippen LogP contribution < -0.4 is 5.32 Å². The first-order chi connectivity index (χ1) is 10.0. The molecule has 0 atom stereocenters. The summed E-state index contributed by atoms with van der Waals surface area (Å²) in [5.41, 5.74) is 0.528. The molecule has 2 aliphatic rings. The highest BCUT2D eigenvalue weighted by molar-refractivity contribution is 4.90. The number of nitrogens with zero attached hydrogens (tertiary/aromatic N) is 1. The van der Waals surface area contributed by atoms with E-state index in [0.29, 0.717) is 17.5 Å². The third-order valence-electron chi connectivity index (χ3n) is 5.51. The highest BCUT2D eigenvalue weighted by Gasteiger charge is 2.35. The zero-order chi connectivity index (χ0) is 15.3. The maximum Gasteiger partial charge on any atom is 0.00530 e. The molecule has 2 aliphatic carbocycles. The second-order valence-electron chi connectivity index (χ2n) is 8.42. The van der Waals surface area contributed by atoms with Gasteiger partial charge in [0.05, 0.1) is 0 Å². The van der Waals surface area contributed by atoms with Gasteiger partial charge in [0.15, 0.2) is 0 Å². The van der Waals surface area contributed by atoms with Crippen LogP contribution in [0, 0.1) is 11.3 Å². The SMILES string of the molecule is CC(C)NCC1(CN(CC2CC2)C(C)C)CCCCCC1. The first-order valence-corrected chi connectivity index (χ1v) is 9.48. The molecule has 0 aromatic heterocycles. The molecule has 124 valence electrons. The van der Waals surface area contributed by atoms with Gasteiger partial charge in [-0.3, -0.25) is 0 Å². The molecule has 0 amide bonds. The molecule has 0 bridgehead atoms. The Balaban J connectivity index is 2.00. The summed E-state index contributed by atoms with van der Waals surface area (Å²) in [6, 6.07) is 1.31. The second kappa shape index (κ2) is 7.97. The van der Waals surface area contributed by atoms with Crippen LogP contribution in [0.3, 0.4) is 0 Å². The highest BCUT2D eigenvalue weighted by Crippen LogP contribution is 2.38. The van der Waals surface area contributed by atoms with Gasteiger partial charge in [-0.2, -0.15) is 0 Å². The van der Waals surface area contributed by atoms with Crippen LogP contribution >= 0.6 is 0 Å². The number of hydrogen-bond acceptors (Lipinski definition) is 2. The molecule has 2 heteroatoms. The molecule has 0 aromatic rings. The van der Waals surface area contributed by atoms with Crippen molar-refractivity contribution in [3.8, 4) is 0 Å². The Morgan fingerprint density at radius 1 is 1.00 bits per heavy atom. The Bertz CT molecular complexity index is 286. The van der Waals surface area contributed by atoms with E-state index < -0.39 is 0 Å². The first-order valence-electron chi connectivity index (χ1n) is 9.48. The summed E-state index contributed by atoms with van der Waals surface area (Å²) >= 11 is 0. The van der Waals surface area contributed by atoms with Crippen molar-refractivity contribution in [2.45, 2.75) is 91.1 Å². The molecule has 0 aliphatic heterocycles. The fourth-order valence-electron chi connectivity index (χ4n) is 3.81. The van der Waals surface area contributed by atoms with Crippen LogP contribution in [-0.4, -0.2) is 36.6 Å². The van der Waals surface area contributed by atoms with Crippen LogP contribution in [0.2, 0.25) is 0 Å². The summed E-state index contributed by atoms with van der Waals surface area (Å²) in [7, 11) is 0. The summed E-state index contributed by atoms with van der Waals surface area (Å²) < 4.78 is 0. The minimum Gasteiger partial charge on any atom is -0.314 e. The van der Waals surface area contributed by atoms with E-state index >= 15 is 0 Å². The van der Waals surface area contributed by atoms with E-state index in [1.807, 2.05) is 0 Å². The molecule has 0 radical (unpaired) electrons. The first kappa shape index (κ1) is 17.3. The van der Waals surface area contributed by atoms with Crippen molar-refractivity contribution >= 4 is 0 Å². The Kier molecular flexibility index (Phi) is 6.55. The molecule has 0 heterocycles. The molecule has 2 nitrogen and oxygen atoms in total. The number of hydrogen-bond donors (Lipinski definition) is 1. The van der Waals surface area contributed by atoms with Crippen LogP contribution in [0.1, 0.15) is 79.1 Å². The quantitative estimate of drug-likeness (QED) is 0.666. The van der Waals surface area contributed by atoms with Crippen LogP contribution in [-0.2, 0) is 0 Å². The Morgan fingerprint density at radius 3 is 2.10 bits per heavy atom. The van der Waals surface area contributed by atoms with Crippen LogP contribution in [0.5, 0.6) is 0 Å². The normalized spacial score (nSPS) is 23.0. The third kappa shape index (κ3) is 5.90. The minimum atomic E-state index is 0.528. The van der Waals surface area contributed by atoms with E-state index in [1.54, 1.807) is 0 Å². The number of rotatable bonds is 8. The maximum atomic E-state index is 3.77. The molecule has 0 unspecified atom stereocenters. The van der Waals surface area contributed by atoms with E-state index in [1.165, 1.54) is 71.0 Å². The Hall–Kier alpha value is -0.0800. The van der Waals surface area contributed by atoms with Crippen molar-refractivity contribution in [3.05, 3.63) is 0 Å². The van der Waals surface area contributed by atoms with Gasteiger partial charge in [-0.25, -0.2) is 0 Å². The second-order valence-corrected chi connectivity index (χ2v) is 8.42. The smallest absolute Gasteiger partial charge is 0.00530 e. The molecule has 0 spiro atoms. The van der Waals surface area contributed by atoms with Crippen molar-refractivity contribution < 1.29 is 0 Å². The van der Waals surface area contributed by atoms with Crippen LogP contribution in [0.4, 0.5) is 0 Å². The molecule has 0 saturated heterocycles. The molecular weight excluding hydrogens is 256 g/mol. The van der Waals surface area contributed by atoms with Crippen LogP contribution in [0.25, 0.3) is 0 Å². The van der Waals surface area contributed by atoms with Gasteiger partial charge in [0.25, 0.3) is 0 Å². The summed E-state index contributed by atoms with van der Waals surface area (Å²) in [6.45, 7) is 13.2. The Morgan fingerprint density at radius 2 is 1.62 bits per heavy atom. The monoisotopic (exact) mass is 294 g/mol. The summed E-state index contributed by atoms with van der Waals surface area (Å²) in [5, 5.41) is 3.77. The fourth-order valence-corrected chi connectivity index (χ4v) is 3.81. The van der Waals surface area contributed by atoms with Gasteiger partial charge in [0.2, 0.25) is 0 Å². The van der Waals surface area contributed by atoms with Gasteiger partial charge in [-0.05, 0) is 50.9 Å². The predicted molar refractivity (Wildman–Crippen MR) is 92.7 cm³/mol. The summed E-state index contributed by atoms with van der Waals surface area (Å²) in [4.78, 5) is 2.80. The third-order valence-corrected chi connectivity index (χ3v) is 5.51. The van der Waals surface area contributed by atoms with Crippen molar-refractivity contribution in [1.82, 2.24) is 10.2 Å². The van der Waals surface area contributed by atoms with E-state index in [2.05, 4.69) is 37.9 Å². The molecular formula is C19H38N2. The maximum absolute atomic E-state index is 3.77. The highest BCUT2D eigenvalue weighted by atomic mass is 15.2. The molecule has 1 N–H and O–H groups in total. The van der Waals surface area contributed by atoms with E-state index in [-0.39, 0.29) is 0 Å². The minimum absolute atomic E-state index is 0.528. The van der Waals surface area contributed by atoms with Gasteiger partial charge in [-0.15, -0.1) is 0 Å². The Labute approximate surface area is 133 Å². The van der Waals surface area contributed by atoms with E-state index in [9.17, 15) is 0 Å². The fraction of sp³-hybridized carbons (Fsp3) is 1.00. The van der Waals surface area contributed by atoms with Gasteiger partial charge >= 0.3 is 0 Å². The zero-order valence-electron chi connectivity index (χ0n) is 15.0. The molecule has 21 heavy (non-hydrogen) atoms. The average Bonchev–Trinajstić information content (AvgIpc) is 3.24. The van der Waals surface area contributed by atoms with Gasteiger partial charge in [-0.1, -0.05) is 39.5 Å². The van der Waals surface area contributed by atoms with Crippen LogP contribution in [0.15, 0.2) is 0 Å². The summed E-state index contributed by atoms with van der Waals surface area (Å²) in [5.74, 6) is 1.01. The standard InChI is InChI=1S/C19H38N2/c1-16(2)20-14-19(11-7-5-6-8-12-19)15-21(17(3)4)13-18-9-10-18/h16-18,20H,5-15H2,1-4H3. The van der Waals surface area contributed by atoms with Gasteiger partial charge in [0.1, 0.15) is 0 Å². The van der Waals surface area contributed by atoms with E-state index in [0.717, 1.165) is 5.92 Å². The topological polar surface area (TPSA) is 15.3 Å². The largest absolute Gasteiger partial charge is 0.314 e. The van der Waals surface area contributed by atoms with Gasteiger partial charge < -0.3 is 10.2 Å². The van der Waals surface area contributed by atoms with Crippen molar-refractivity contribution in [2.24, 2.45) is 11.3 Å². The lowest BCUT2D eigenvalue weighted by Gasteiger charge is -2.40. The lowest BCUT2D eigenvalue weighted by molar-refractivity contribution is 0.0975. The predicted octanol–water partition coefficient (Wildman–Crippen LogP) is 4.45. The molecule has 2 fully saturated rings. The number of nitrogens with one attached hydrogen (secondary N) is 1. The molecule has 0 aromatic carbocycles. The molecule has 2 saturated carbocycles. The van der Waals surface area contributed by atoms with Crippen molar-refractivity contribution in [3.63, 3.8) is 0 Å². The summed E-state index contributed by atoms with van der Waals surface area (Å²) in [6.07, 6.45) is 11.6. The van der Waals surface area contributed by atoms with E-state index in [4.69, 9.17) is 0 Å². The van der Waals surface area contributed by atoms with Crippen molar-refractivity contribution in [2.75, 3.05) is 19.6 Å². The zero-order valence-corrected chi connectivity index (χ0v) is 15.0. The lowest BCUT2D eigenvalue weighted by atomic mass is 9.79. The lowest BCUT2D eigenvalue weighted by Crippen LogP contribution is -2.48. The van der Waals surface area contributed by atoms with Gasteiger partial charge in [0, 0.05) is 31.7 Å².